The molecule has 3 nitrogen and oxygen atoms in total. The molecule has 5 heteroatoms. The minimum absolute atomic E-state index is 0.219. The van der Waals surface area contributed by atoms with Crippen molar-refractivity contribution in [1.29, 1.82) is 0 Å². The fraction of sp³-hybridized carbons (Fsp3) is 0.286. The molecule has 0 spiro atoms. The zero-order valence-electron chi connectivity index (χ0n) is 6.38. The molecule has 0 radical (unpaired) electrons. The first-order valence-electron chi connectivity index (χ1n) is 3.17. The fourth-order valence-electron chi connectivity index (χ4n) is 0.628. The van der Waals surface area contributed by atoms with Gasteiger partial charge < -0.3 is 9.47 Å². The molecule has 0 saturated heterocycles. The highest BCUT2D eigenvalue weighted by molar-refractivity contribution is 9.11. The second kappa shape index (κ2) is 4.79. The van der Waals surface area contributed by atoms with Crippen LogP contribution in [0.1, 0.15) is 0 Å². The molecule has 0 fully saturated rings. The molecular formula is C7H7Br2NO2. The van der Waals surface area contributed by atoms with E-state index >= 15 is 0 Å². The largest absolute Gasteiger partial charge is 0.465 e. The molecule has 0 aliphatic heterocycles. The number of methoxy groups -OCH3 is 1. The van der Waals surface area contributed by atoms with E-state index in [1.807, 2.05) is 6.07 Å². The standard InChI is InChI=1S/C7H7Br2NO2/c1-11-4-12-6-2-5(8)3-10-7(6)9/h2-3H,4H2,1H3. The van der Waals surface area contributed by atoms with Crippen molar-refractivity contribution in [3.63, 3.8) is 0 Å². The van der Waals surface area contributed by atoms with E-state index in [2.05, 4.69) is 36.8 Å². The van der Waals surface area contributed by atoms with E-state index in [9.17, 15) is 0 Å². The Kier molecular flexibility index (Phi) is 3.97. The number of aromatic nitrogens is 1. The highest BCUT2D eigenvalue weighted by Gasteiger charge is 2.01. The Hall–Kier alpha value is -0.130. The molecule has 0 atom stereocenters. The van der Waals surface area contributed by atoms with Gasteiger partial charge in [0.15, 0.2) is 12.5 Å². The highest BCUT2D eigenvalue weighted by atomic mass is 79.9. The number of halogens is 2. The van der Waals surface area contributed by atoms with Gasteiger partial charge in [-0.15, -0.1) is 0 Å². The molecule has 1 aromatic heterocycles. The summed E-state index contributed by atoms with van der Waals surface area (Å²) in [5.74, 6) is 0.659. The zero-order valence-corrected chi connectivity index (χ0v) is 9.55. The summed E-state index contributed by atoms with van der Waals surface area (Å²) in [6.45, 7) is 0.219. The Morgan fingerprint density at radius 1 is 1.50 bits per heavy atom. The number of rotatable bonds is 3. The van der Waals surface area contributed by atoms with E-state index < -0.39 is 0 Å². The van der Waals surface area contributed by atoms with Gasteiger partial charge in [0.25, 0.3) is 0 Å². The van der Waals surface area contributed by atoms with E-state index in [0.29, 0.717) is 10.4 Å². The first-order valence-corrected chi connectivity index (χ1v) is 4.75. The number of hydrogen-bond acceptors (Lipinski definition) is 3. The monoisotopic (exact) mass is 295 g/mol. The fourth-order valence-corrected chi connectivity index (χ4v) is 1.27. The van der Waals surface area contributed by atoms with E-state index in [4.69, 9.17) is 9.47 Å². The molecule has 12 heavy (non-hydrogen) atoms. The minimum atomic E-state index is 0.219. The van der Waals surface area contributed by atoms with Crippen LogP contribution in [-0.4, -0.2) is 18.9 Å². The van der Waals surface area contributed by atoms with E-state index in [1.165, 1.54) is 0 Å². The maximum atomic E-state index is 5.21. The van der Waals surface area contributed by atoms with Crippen LogP contribution < -0.4 is 4.74 Å². The lowest BCUT2D eigenvalue weighted by Gasteiger charge is -2.05. The number of hydrogen-bond donors (Lipinski definition) is 0. The molecule has 0 N–H and O–H groups in total. The molecule has 1 aromatic rings. The minimum Gasteiger partial charge on any atom is -0.465 e. The first kappa shape index (κ1) is 9.95. The third-order valence-electron chi connectivity index (χ3n) is 1.11. The maximum absolute atomic E-state index is 5.21. The van der Waals surface area contributed by atoms with Crippen LogP contribution in [0.2, 0.25) is 0 Å². The van der Waals surface area contributed by atoms with E-state index in [0.717, 1.165) is 4.47 Å². The predicted octanol–water partition coefficient (Wildman–Crippen LogP) is 2.59. The van der Waals surface area contributed by atoms with Crippen LogP contribution in [0, 0.1) is 0 Å². The highest BCUT2D eigenvalue weighted by Crippen LogP contribution is 2.25. The summed E-state index contributed by atoms with van der Waals surface area (Å²) >= 11 is 6.53. The molecule has 66 valence electrons. The van der Waals surface area contributed by atoms with Gasteiger partial charge in [0, 0.05) is 17.8 Å². The summed E-state index contributed by atoms with van der Waals surface area (Å²) in [5.41, 5.74) is 0. The third-order valence-corrected chi connectivity index (χ3v) is 2.14. The van der Waals surface area contributed by atoms with Gasteiger partial charge in [0.1, 0.15) is 4.60 Å². The Labute approximate surface area is 87.3 Å². The lowest BCUT2D eigenvalue weighted by atomic mass is 10.5. The van der Waals surface area contributed by atoms with Crippen LogP contribution in [0.5, 0.6) is 5.75 Å². The van der Waals surface area contributed by atoms with Crippen molar-refractivity contribution in [3.05, 3.63) is 21.3 Å². The quantitative estimate of drug-likeness (QED) is 0.635. The smallest absolute Gasteiger partial charge is 0.188 e. The Morgan fingerprint density at radius 2 is 2.25 bits per heavy atom. The van der Waals surface area contributed by atoms with Crippen molar-refractivity contribution in [3.8, 4) is 5.75 Å². The number of ether oxygens (including phenoxy) is 2. The molecule has 0 aromatic carbocycles. The molecule has 0 unspecified atom stereocenters. The van der Waals surface area contributed by atoms with Gasteiger partial charge in [-0.3, -0.25) is 0 Å². The first-order chi connectivity index (χ1) is 5.74. The van der Waals surface area contributed by atoms with Gasteiger partial charge in [-0.1, -0.05) is 0 Å². The van der Waals surface area contributed by atoms with Crippen molar-refractivity contribution < 1.29 is 9.47 Å². The molecule has 0 aliphatic rings. The average Bonchev–Trinajstić information content (AvgIpc) is 2.07. The summed E-state index contributed by atoms with van der Waals surface area (Å²) in [6, 6.07) is 1.82. The Bertz CT molecular complexity index is 268. The lowest BCUT2D eigenvalue weighted by molar-refractivity contribution is 0.0502. The van der Waals surface area contributed by atoms with Crippen LogP contribution >= 0.6 is 31.9 Å². The van der Waals surface area contributed by atoms with Gasteiger partial charge in [-0.2, -0.15) is 0 Å². The van der Waals surface area contributed by atoms with Crippen molar-refractivity contribution in [1.82, 2.24) is 4.98 Å². The normalized spacial score (nSPS) is 9.92. The summed E-state index contributed by atoms with van der Waals surface area (Å²) in [6.07, 6.45) is 1.68. The second-order valence-electron chi connectivity index (χ2n) is 1.99. The molecule has 1 rings (SSSR count). The van der Waals surface area contributed by atoms with Crippen molar-refractivity contribution >= 4 is 31.9 Å². The van der Waals surface area contributed by atoms with Gasteiger partial charge in [-0.25, -0.2) is 4.98 Å². The molecule has 0 aliphatic carbocycles. The van der Waals surface area contributed by atoms with Crippen LogP contribution in [0.4, 0.5) is 0 Å². The Morgan fingerprint density at radius 3 is 2.92 bits per heavy atom. The summed E-state index contributed by atoms with van der Waals surface area (Å²) in [7, 11) is 1.57. The number of pyridine rings is 1. The van der Waals surface area contributed by atoms with Crippen LogP contribution in [-0.2, 0) is 4.74 Å². The molecule has 0 saturated carbocycles. The van der Waals surface area contributed by atoms with Gasteiger partial charge in [0.2, 0.25) is 0 Å². The lowest BCUT2D eigenvalue weighted by Crippen LogP contribution is -1.99. The van der Waals surface area contributed by atoms with E-state index in [-0.39, 0.29) is 6.79 Å². The predicted molar refractivity (Wildman–Crippen MR) is 52.1 cm³/mol. The molecule has 0 bridgehead atoms. The van der Waals surface area contributed by atoms with Crippen LogP contribution in [0.25, 0.3) is 0 Å². The second-order valence-corrected chi connectivity index (χ2v) is 3.66. The Balaban J connectivity index is 2.75. The topological polar surface area (TPSA) is 31.4 Å². The number of nitrogens with zero attached hydrogens (tertiary/aromatic N) is 1. The maximum Gasteiger partial charge on any atom is 0.188 e. The molecular weight excluding hydrogens is 290 g/mol. The molecule has 0 amide bonds. The van der Waals surface area contributed by atoms with Gasteiger partial charge in [-0.05, 0) is 37.9 Å². The average molecular weight is 297 g/mol. The summed E-state index contributed by atoms with van der Waals surface area (Å²) in [4.78, 5) is 4.02. The van der Waals surface area contributed by atoms with Crippen LogP contribution in [0.15, 0.2) is 21.3 Å². The summed E-state index contributed by atoms with van der Waals surface area (Å²) < 4.78 is 11.5. The van der Waals surface area contributed by atoms with E-state index in [1.54, 1.807) is 13.3 Å². The SMILES string of the molecule is COCOc1cc(Br)cnc1Br. The summed E-state index contributed by atoms with van der Waals surface area (Å²) in [5, 5.41) is 0. The van der Waals surface area contributed by atoms with Gasteiger partial charge in [0.05, 0.1) is 0 Å². The third kappa shape index (κ3) is 2.73. The van der Waals surface area contributed by atoms with Crippen LogP contribution in [0.3, 0.4) is 0 Å². The van der Waals surface area contributed by atoms with Crippen molar-refractivity contribution in [2.45, 2.75) is 0 Å². The van der Waals surface area contributed by atoms with Crippen molar-refractivity contribution in [2.75, 3.05) is 13.9 Å². The molecule has 1 heterocycles. The zero-order chi connectivity index (χ0) is 8.97. The van der Waals surface area contributed by atoms with Gasteiger partial charge >= 0.3 is 0 Å². The van der Waals surface area contributed by atoms with Crippen molar-refractivity contribution in [2.24, 2.45) is 0 Å².